The lowest BCUT2D eigenvalue weighted by molar-refractivity contribution is -0.164. The van der Waals surface area contributed by atoms with Crippen LogP contribution in [0.2, 0.25) is 0 Å². The molecule has 6 heteroatoms. The van der Waals surface area contributed by atoms with Crippen LogP contribution in [0, 0.1) is 6.92 Å². The van der Waals surface area contributed by atoms with Crippen LogP contribution in [-0.2, 0) is 20.7 Å². The molecule has 2 saturated heterocycles. The first-order valence-corrected chi connectivity index (χ1v) is 10.3. The number of aromatic nitrogens is 1. The Kier molecular flexibility index (Phi) is 5.62. The second-order valence-corrected chi connectivity index (χ2v) is 7.89. The molecule has 1 aromatic heterocycles. The number of pyridine rings is 1. The Morgan fingerprint density at radius 1 is 1.14 bits per heavy atom. The highest BCUT2D eigenvalue weighted by molar-refractivity contribution is 6.00. The van der Waals surface area contributed by atoms with Crippen LogP contribution in [0.25, 0.3) is 0 Å². The molecule has 6 nitrogen and oxygen atoms in total. The quantitative estimate of drug-likeness (QED) is 0.804. The molecular weight excluding hydrogens is 366 g/mol. The molecule has 0 aliphatic carbocycles. The van der Waals surface area contributed by atoms with Gasteiger partial charge in [0.15, 0.2) is 5.60 Å². The normalized spacial score (nSPS) is 22.6. The van der Waals surface area contributed by atoms with Crippen LogP contribution in [0.1, 0.15) is 30.5 Å². The van der Waals surface area contributed by atoms with Gasteiger partial charge in [-0.15, -0.1) is 0 Å². The number of anilines is 1. The average Bonchev–Trinajstić information content (AvgIpc) is 2.90. The van der Waals surface area contributed by atoms with Gasteiger partial charge in [0.05, 0.1) is 19.6 Å². The van der Waals surface area contributed by atoms with Crippen molar-refractivity contribution in [1.82, 2.24) is 9.88 Å². The molecule has 29 heavy (non-hydrogen) atoms. The predicted octanol–water partition coefficient (Wildman–Crippen LogP) is 2.75. The van der Waals surface area contributed by atoms with Crippen molar-refractivity contribution in [2.75, 3.05) is 31.1 Å². The first-order valence-electron chi connectivity index (χ1n) is 10.3. The topological polar surface area (TPSA) is 62.7 Å². The summed E-state index contributed by atoms with van der Waals surface area (Å²) >= 11 is 0. The van der Waals surface area contributed by atoms with E-state index in [2.05, 4.69) is 4.98 Å². The largest absolute Gasteiger partial charge is 0.361 e. The molecule has 2 aliphatic rings. The Hall–Kier alpha value is -2.73. The Balaban J connectivity index is 1.52. The first kappa shape index (κ1) is 19.6. The molecule has 3 heterocycles. The van der Waals surface area contributed by atoms with E-state index >= 15 is 0 Å². The molecule has 1 atom stereocenters. The van der Waals surface area contributed by atoms with E-state index in [9.17, 15) is 9.59 Å². The zero-order valence-electron chi connectivity index (χ0n) is 16.8. The van der Waals surface area contributed by atoms with Crippen molar-refractivity contribution in [3.05, 3.63) is 59.9 Å². The second-order valence-electron chi connectivity index (χ2n) is 7.89. The number of amides is 2. The van der Waals surface area contributed by atoms with Crippen LogP contribution in [0.5, 0.6) is 0 Å². The van der Waals surface area contributed by atoms with E-state index in [4.69, 9.17) is 4.74 Å². The van der Waals surface area contributed by atoms with Crippen molar-refractivity contribution in [3.8, 4) is 0 Å². The SMILES string of the molecule is Cc1ccc(CC(=O)N2CCOC3(CCCCN(c4ccccc4)C3=O)C2)cn1. The summed E-state index contributed by atoms with van der Waals surface area (Å²) in [6, 6.07) is 13.6. The molecule has 2 aliphatic heterocycles. The summed E-state index contributed by atoms with van der Waals surface area (Å²) in [4.78, 5) is 34.4. The van der Waals surface area contributed by atoms with Gasteiger partial charge in [-0.3, -0.25) is 14.6 Å². The summed E-state index contributed by atoms with van der Waals surface area (Å²) in [5, 5.41) is 0. The van der Waals surface area contributed by atoms with E-state index in [1.54, 1.807) is 11.1 Å². The van der Waals surface area contributed by atoms with Crippen molar-refractivity contribution >= 4 is 17.5 Å². The number of hydrogen-bond donors (Lipinski definition) is 0. The van der Waals surface area contributed by atoms with Gasteiger partial charge in [0.2, 0.25) is 5.91 Å². The fourth-order valence-corrected chi connectivity index (χ4v) is 4.16. The Morgan fingerprint density at radius 2 is 1.97 bits per heavy atom. The lowest BCUT2D eigenvalue weighted by Gasteiger charge is -2.42. The molecule has 0 bridgehead atoms. The molecule has 1 unspecified atom stereocenters. The predicted molar refractivity (Wildman–Crippen MR) is 111 cm³/mol. The van der Waals surface area contributed by atoms with E-state index in [1.165, 1.54) is 0 Å². The standard InChI is InChI=1S/C23H27N3O3/c1-18-9-10-19(16-24-18)15-21(27)25-13-14-29-23(17-25)11-5-6-12-26(22(23)28)20-7-3-2-4-8-20/h2-4,7-10,16H,5-6,11-15,17H2,1H3. The van der Waals surface area contributed by atoms with Crippen LogP contribution in [0.15, 0.2) is 48.7 Å². The van der Waals surface area contributed by atoms with E-state index in [0.717, 1.165) is 29.8 Å². The van der Waals surface area contributed by atoms with Crippen molar-refractivity contribution in [2.24, 2.45) is 0 Å². The average molecular weight is 393 g/mol. The number of nitrogens with zero attached hydrogens (tertiary/aromatic N) is 3. The number of carbonyl (C=O) groups is 2. The highest BCUT2D eigenvalue weighted by atomic mass is 16.5. The highest BCUT2D eigenvalue weighted by Crippen LogP contribution is 2.32. The molecule has 4 rings (SSSR count). The molecule has 2 amide bonds. The molecule has 0 N–H and O–H groups in total. The summed E-state index contributed by atoms with van der Waals surface area (Å²) in [5.74, 6) is -0.0164. The minimum atomic E-state index is -0.953. The van der Waals surface area contributed by atoms with E-state index in [-0.39, 0.29) is 11.8 Å². The van der Waals surface area contributed by atoms with Gasteiger partial charge in [-0.2, -0.15) is 0 Å². The van der Waals surface area contributed by atoms with Gasteiger partial charge in [-0.1, -0.05) is 24.3 Å². The third-order valence-electron chi connectivity index (χ3n) is 5.78. The summed E-state index contributed by atoms with van der Waals surface area (Å²) in [6.07, 6.45) is 4.51. The molecule has 1 spiro atoms. The summed E-state index contributed by atoms with van der Waals surface area (Å²) in [5.41, 5.74) is 1.75. The molecule has 2 aromatic rings. The number of carbonyl (C=O) groups excluding carboxylic acids is 2. The monoisotopic (exact) mass is 393 g/mol. The van der Waals surface area contributed by atoms with Crippen LogP contribution >= 0.6 is 0 Å². The molecule has 152 valence electrons. The van der Waals surface area contributed by atoms with Crippen molar-refractivity contribution in [3.63, 3.8) is 0 Å². The van der Waals surface area contributed by atoms with Gasteiger partial charge in [0.1, 0.15) is 0 Å². The lowest BCUT2D eigenvalue weighted by atomic mass is 9.93. The van der Waals surface area contributed by atoms with Crippen molar-refractivity contribution in [2.45, 2.75) is 38.2 Å². The smallest absolute Gasteiger partial charge is 0.261 e. The number of aryl methyl sites for hydroxylation is 1. The minimum absolute atomic E-state index is 0.0154. The van der Waals surface area contributed by atoms with Crippen LogP contribution in [-0.4, -0.2) is 53.5 Å². The van der Waals surface area contributed by atoms with Crippen LogP contribution in [0.4, 0.5) is 5.69 Å². The molecule has 0 saturated carbocycles. The number of para-hydroxylation sites is 1. The zero-order valence-corrected chi connectivity index (χ0v) is 16.8. The third kappa shape index (κ3) is 4.17. The maximum Gasteiger partial charge on any atom is 0.261 e. The van der Waals surface area contributed by atoms with E-state index in [1.807, 2.05) is 54.3 Å². The molecule has 0 radical (unpaired) electrons. The summed E-state index contributed by atoms with van der Waals surface area (Å²) < 4.78 is 6.10. The molecular formula is C23H27N3O3. The van der Waals surface area contributed by atoms with Crippen LogP contribution in [0.3, 0.4) is 0 Å². The third-order valence-corrected chi connectivity index (χ3v) is 5.78. The van der Waals surface area contributed by atoms with Crippen molar-refractivity contribution < 1.29 is 14.3 Å². The van der Waals surface area contributed by atoms with Gasteiger partial charge in [-0.05, 0) is 49.9 Å². The van der Waals surface area contributed by atoms with Gasteiger partial charge in [0.25, 0.3) is 5.91 Å². The fraction of sp³-hybridized carbons (Fsp3) is 0.435. The van der Waals surface area contributed by atoms with E-state index < -0.39 is 5.60 Å². The zero-order chi connectivity index (χ0) is 20.3. The lowest BCUT2D eigenvalue weighted by Crippen LogP contribution is -2.61. The van der Waals surface area contributed by atoms with Gasteiger partial charge in [0, 0.05) is 30.7 Å². The fourth-order valence-electron chi connectivity index (χ4n) is 4.16. The number of benzene rings is 1. The van der Waals surface area contributed by atoms with Gasteiger partial charge in [-0.25, -0.2) is 0 Å². The van der Waals surface area contributed by atoms with Crippen LogP contribution < -0.4 is 4.90 Å². The first-order chi connectivity index (χ1) is 14.1. The summed E-state index contributed by atoms with van der Waals surface area (Å²) in [6.45, 7) is 3.81. The van der Waals surface area contributed by atoms with Gasteiger partial charge < -0.3 is 14.5 Å². The Morgan fingerprint density at radius 3 is 2.72 bits per heavy atom. The number of hydrogen-bond acceptors (Lipinski definition) is 4. The highest BCUT2D eigenvalue weighted by Gasteiger charge is 2.48. The minimum Gasteiger partial charge on any atom is -0.361 e. The number of morpholine rings is 1. The number of rotatable bonds is 3. The molecule has 2 fully saturated rings. The maximum atomic E-state index is 13.5. The molecule has 1 aromatic carbocycles. The second kappa shape index (κ2) is 8.33. The van der Waals surface area contributed by atoms with Crippen molar-refractivity contribution in [1.29, 1.82) is 0 Å². The maximum absolute atomic E-state index is 13.5. The summed E-state index contributed by atoms with van der Waals surface area (Å²) in [7, 11) is 0. The Labute approximate surface area is 171 Å². The number of ether oxygens (including phenoxy) is 1. The van der Waals surface area contributed by atoms with E-state index in [0.29, 0.717) is 39.1 Å². The Bertz CT molecular complexity index is 869. The van der Waals surface area contributed by atoms with Gasteiger partial charge >= 0.3 is 0 Å².